The minimum absolute atomic E-state index is 0.551. The van der Waals surface area contributed by atoms with Crippen molar-refractivity contribution in [2.45, 2.75) is 13.3 Å². The molecule has 0 aromatic carbocycles. The minimum atomic E-state index is 0.551. The maximum atomic E-state index is 5.28. The van der Waals surface area contributed by atoms with Gasteiger partial charge in [0.15, 0.2) is 0 Å². The SMILES string of the molecule is CCOc1ccnc(NCCc2ncn[nH]2)n1. The molecule has 7 nitrogen and oxygen atoms in total. The summed E-state index contributed by atoms with van der Waals surface area (Å²) in [6.45, 7) is 3.19. The van der Waals surface area contributed by atoms with Gasteiger partial charge in [-0.25, -0.2) is 9.97 Å². The highest BCUT2D eigenvalue weighted by Gasteiger charge is 2.00. The van der Waals surface area contributed by atoms with Crippen LogP contribution in [0.2, 0.25) is 0 Å². The van der Waals surface area contributed by atoms with Crippen molar-refractivity contribution in [2.75, 3.05) is 18.5 Å². The van der Waals surface area contributed by atoms with Gasteiger partial charge in [0.25, 0.3) is 0 Å². The highest BCUT2D eigenvalue weighted by molar-refractivity contribution is 5.27. The molecule has 0 radical (unpaired) electrons. The first-order chi connectivity index (χ1) is 8.38. The highest BCUT2D eigenvalue weighted by Crippen LogP contribution is 2.07. The van der Waals surface area contributed by atoms with Crippen LogP contribution in [0.15, 0.2) is 18.6 Å². The van der Waals surface area contributed by atoms with Crippen molar-refractivity contribution < 1.29 is 4.74 Å². The first-order valence-corrected chi connectivity index (χ1v) is 5.42. The molecule has 90 valence electrons. The predicted octanol–water partition coefficient (Wildman–Crippen LogP) is 0.648. The molecule has 0 unspecified atom stereocenters. The summed E-state index contributed by atoms with van der Waals surface area (Å²) in [7, 11) is 0. The van der Waals surface area contributed by atoms with E-state index in [1.807, 2.05) is 6.92 Å². The Morgan fingerprint density at radius 3 is 3.12 bits per heavy atom. The average Bonchev–Trinajstić information content (AvgIpc) is 2.83. The Hall–Kier alpha value is -2.18. The molecule has 2 N–H and O–H groups in total. The van der Waals surface area contributed by atoms with E-state index in [4.69, 9.17) is 4.74 Å². The van der Waals surface area contributed by atoms with Crippen LogP contribution in [0.1, 0.15) is 12.7 Å². The van der Waals surface area contributed by atoms with Crippen LogP contribution in [0.25, 0.3) is 0 Å². The summed E-state index contributed by atoms with van der Waals surface area (Å²) in [5.41, 5.74) is 0. The lowest BCUT2D eigenvalue weighted by molar-refractivity contribution is 0.326. The number of nitrogens with zero attached hydrogens (tertiary/aromatic N) is 4. The van der Waals surface area contributed by atoms with E-state index in [0.717, 1.165) is 12.2 Å². The zero-order chi connectivity index (χ0) is 11.9. The molecule has 7 heteroatoms. The molecule has 2 rings (SSSR count). The molecule has 0 saturated heterocycles. The predicted molar refractivity (Wildman–Crippen MR) is 61.8 cm³/mol. The lowest BCUT2D eigenvalue weighted by Gasteiger charge is -2.05. The summed E-state index contributed by atoms with van der Waals surface area (Å²) in [4.78, 5) is 12.3. The molecule has 0 amide bonds. The maximum absolute atomic E-state index is 5.28. The number of hydrogen-bond donors (Lipinski definition) is 2. The van der Waals surface area contributed by atoms with Gasteiger partial charge in [-0.2, -0.15) is 10.1 Å². The molecule has 0 saturated carbocycles. The molecule has 2 aromatic heterocycles. The topological polar surface area (TPSA) is 88.6 Å². The summed E-state index contributed by atoms with van der Waals surface area (Å²) >= 11 is 0. The number of aromatic nitrogens is 5. The normalized spacial score (nSPS) is 10.2. The van der Waals surface area contributed by atoms with E-state index in [2.05, 4.69) is 30.5 Å². The Bertz CT molecular complexity index is 444. The van der Waals surface area contributed by atoms with Crippen LogP contribution in [0.3, 0.4) is 0 Å². The highest BCUT2D eigenvalue weighted by atomic mass is 16.5. The van der Waals surface area contributed by atoms with Crippen LogP contribution in [0, 0.1) is 0 Å². The maximum Gasteiger partial charge on any atom is 0.225 e. The second-order valence-corrected chi connectivity index (χ2v) is 3.26. The Balaban J connectivity index is 1.84. The van der Waals surface area contributed by atoms with Crippen LogP contribution < -0.4 is 10.1 Å². The van der Waals surface area contributed by atoms with Crippen LogP contribution in [0.5, 0.6) is 5.88 Å². The number of anilines is 1. The van der Waals surface area contributed by atoms with Gasteiger partial charge in [0.05, 0.1) is 6.61 Å². The molecular formula is C10H14N6O. The van der Waals surface area contributed by atoms with Crippen LogP contribution in [-0.2, 0) is 6.42 Å². The van der Waals surface area contributed by atoms with Gasteiger partial charge >= 0.3 is 0 Å². The van der Waals surface area contributed by atoms with E-state index >= 15 is 0 Å². The van der Waals surface area contributed by atoms with Crippen molar-refractivity contribution in [1.29, 1.82) is 0 Å². The van der Waals surface area contributed by atoms with Gasteiger partial charge in [0, 0.05) is 25.2 Å². The molecule has 0 atom stereocenters. The standard InChI is InChI=1S/C10H14N6O/c1-2-17-9-4-6-12-10(15-9)11-5-3-8-13-7-14-16-8/h4,6-7H,2-3,5H2,1H3,(H,11,12,15)(H,13,14,16). The van der Waals surface area contributed by atoms with E-state index in [-0.39, 0.29) is 0 Å². The van der Waals surface area contributed by atoms with E-state index in [9.17, 15) is 0 Å². The van der Waals surface area contributed by atoms with Crippen molar-refractivity contribution in [3.8, 4) is 5.88 Å². The Labute approximate surface area is 98.7 Å². The first-order valence-electron chi connectivity index (χ1n) is 5.42. The van der Waals surface area contributed by atoms with Crippen LogP contribution >= 0.6 is 0 Å². The van der Waals surface area contributed by atoms with Crippen molar-refractivity contribution in [3.05, 3.63) is 24.4 Å². The number of aromatic amines is 1. The fourth-order valence-electron chi connectivity index (χ4n) is 1.30. The number of nitrogens with one attached hydrogen (secondary N) is 2. The third-order valence-corrected chi connectivity index (χ3v) is 2.03. The first kappa shape index (κ1) is 11.3. The van der Waals surface area contributed by atoms with Gasteiger partial charge < -0.3 is 10.1 Å². The van der Waals surface area contributed by atoms with Gasteiger partial charge in [-0.1, -0.05) is 0 Å². The molecule has 0 bridgehead atoms. The Morgan fingerprint density at radius 2 is 2.35 bits per heavy atom. The molecular weight excluding hydrogens is 220 g/mol. The number of rotatable bonds is 6. The molecule has 0 aliphatic heterocycles. The molecule has 2 heterocycles. The molecule has 0 aliphatic carbocycles. The van der Waals surface area contributed by atoms with Crippen molar-refractivity contribution in [2.24, 2.45) is 0 Å². The number of ether oxygens (including phenoxy) is 1. The monoisotopic (exact) mass is 234 g/mol. The quantitative estimate of drug-likeness (QED) is 0.762. The number of H-pyrrole nitrogens is 1. The van der Waals surface area contributed by atoms with Gasteiger partial charge in [-0.3, -0.25) is 5.10 Å². The van der Waals surface area contributed by atoms with Crippen LogP contribution in [-0.4, -0.2) is 38.3 Å². The fraction of sp³-hybridized carbons (Fsp3) is 0.400. The second-order valence-electron chi connectivity index (χ2n) is 3.26. The van der Waals surface area contributed by atoms with Crippen molar-refractivity contribution >= 4 is 5.95 Å². The van der Waals surface area contributed by atoms with Crippen molar-refractivity contribution in [1.82, 2.24) is 25.1 Å². The fourth-order valence-corrected chi connectivity index (χ4v) is 1.30. The lowest BCUT2D eigenvalue weighted by atomic mass is 10.4. The summed E-state index contributed by atoms with van der Waals surface area (Å²) in [5.74, 6) is 1.96. The number of hydrogen-bond acceptors (Lipinski definition) is 6. The summed E-state index contributed by atoms with van der Waals surface area (Å²) < 4.78 is 5.28. The molecule has 0 fully saturated rings. The van der Waals surface area contributed by atoms with Gasteiger partial charge in [0.2, 0.25) is 11.8 Å². The average molecular weight is 234 g/mol. The molecule has 17 heavy (non-hydrogen) atoms. The van der Waals surface area contributed by atoms with E-state index in [0.29, 0.717) is 25.0 Å². The third kappa shape index (κ3) is 3.40. The van der Waals surface area contributed by atoms with Crippen molar-refractivity contribution in [3.63, 3.8) is 0 Å². The van der Waals surface area contributed by atoms with E-state index in [1.54, 1.807) is 12.3 Å². The summed E-state index contributed by atoms with van der Waals surface area (Å²) in [5, 5.41) is 9.65. The third-order valence-electron chi connectivity index (χ3n) is 2.03. The van der Waals surface area contributed by atoms with Gasteiger partial charge in [-0.05, 0) is 6.92 Å². The molecule has 2 aromatic rings. The van der Waals surface area contributed by atoms with Gasteiger partial charge in [0.1, 0.15) is 12.2 Å². The van der Waals surface area contributed by atoms with Crippen LogP contribution in [0.4, 0.5) is 5.95 Å². The minimum Gasteiger partial charge on any atom is -0.478 e. The Morgan fingerprint density at radius 1 is 1.41 bits per heavy atom. The lowest BCUT2D eigenvalue weighted by Crippen LogP contribution is -2.09. The summed E-state index contributed by atoms with van der Waals surface area (Å²) in [6.07, 6.45) is 3.89. The van der Waals surface area contributed by atoms with Gasteiger partial charge in [-0.15, -0.1) is 0 Å². The van der Waals surface area contributed by atoms with E-state index in [1.165, 1.54) is 6.33 Å². The molecule has 0 spiro atoms. The summed E-state index contributed by atoms with van der Waals surface area (Å²) in [6, 6.07) is 1.73. The second kappa shape index (κ2) is 5.78. The smallest absolute Gasteiger partial charge is 0.225 e. The zero-order valence-corrected chi connectivity index (χ0v) is 9.55. The zero-order valence-electron chi connectivity index (χ0n) is 9.55. The largest absolute Gasteiger partial charge is 0.478 e. The molecule has 0 aliphatic rings. The Kier molecular flexibility index (Phi) is 3.85. The van der Waals surface area contributed by atoms with E-state index < -0.39 is 0 Å².